The molecule has 1 heterocycles. The monoisotopic (exact) mass is 253 g/mol. The van der Waals surface area contributed by atoms with E-state index in [-0.39, 0.29) is 5.78 Å². The number of carbonyl (C=O) groups is 1. The van der Waals surface area contributed by atoms with E-state index in [1.165, 1.54) is 30.9 Å². The Balaban J connectivity index is 1.79. The lowest BCUT2D eigenvalue weighted by molar-refractivity contribution is 0.101. The molecule has 0 saturated carbocycles. The van der Waals surface area contributed by atoms with Crippen molar-refractivity contribution in [2.24, 2.45) is 0 Å². The van der Waals surface area contributed by atoms with E-state index < -0.39 is 0 Å². The number of aromatic nitrogens is 1. The minimum absolute atomic E-state index is 0.0379. The molecule has 1 aromatic carbocycles. The smallest absolute Gasteiger partial charge is 0.178 e. The molecule has 1 aliphatic carbocycles. The molecule has 0 bridgehead atoms. The zero-order valence-electron chi connectivity index (χ0n) is 10.8. The van der Waals surface area contributed by atoms with Crippen LogP contribution in [0.3, 0.4) is 0 Å². The van der Waals surface area contributed by atoms with Crippen LogP contribution in [-0.2, 0) is 12.8 Å². The molecule has 0 unspecified atom stereocenters. The molecule has 19 heavy (non-hydrogen) atoms. The highest BCUT2D eigenvalue weighted by Crippen LogP contribution is 2.28. The van der Waals surface area contributed by atoms with Crippen LogP contribution in [0, 0.1) is 0 Å². The molecule has 0 N–H and O–H groups in total. The highest BCUT2D eigenvalue weighted by molar-refractivity contribution is 5.92. The lowest BCUT2D eigenvalue weighted by atomic mass is 10.1. The molecule has 0 spiro atoms. The zero-order chi connectivity index (χ0) is 13.2. The maximum atomic E-state index is 11.1. The van der Waals surface area contributed by atoms with Crippen molar-refractivity contribution < 1.29 is 9.53 Å². The summed E-state index contributed by atoms with van der Waals surface area (Å²) in [5.74, 6) is 1.45. The van der Waals surface area contributed by atoms with Gasteiger partial charge < -0.3 is 4.74 Å². The fourth-order valence-corrected chi connectivity index (χ4v) is 2.40. The minimum atomic E-state index is -0.0379. The van der Waals surface area contributed by atoms with Gasteiger partial charge in [-0.05, 0) is 54.7 Å². The largest absolute Gasteiger partial charge is 0.456 e. The quantitative estimate of drug-likeness (QED) is 0.785. The summed E-state index contributed by atoms with van der Waals surface area (Å²) in [6.07, 6.45) is 5.12. The molecule has 0 saturated heterocycles. The number of benzene rings is 1. The highest BCUT2D eigenvalue weighted by atomic mass is 16.5. The van der Waals surface area contributed by atoms with Gasteiger partial charge in [-0.1, -0.05) is 6.07 Å². The standard InChI is InChI=1S/C16H15NO2/c1-11(18)16-8-7-15(10-17-16)19-14-6-5-12-3-2-4-13(12)9-14/h5-10H,2-4H2,1H3. The Bertz CT molecular complexity index is 617. The van der Waals surface area contributed by atoms with Crippen molar-refractivity contribution in [2.75, 3.05) is 0 Å². The molecular formula is C16H15NO2. The number of Topliss-reactive ketones (excluding diaryl/α,β-unsaturated/α-hetero) is 1. The molecule has 0 atom stereocenters. The summed E-state index contributed by atoms with van der Waals surface area (Å²) in [7, 11) is 0. The second-order valence-corrected chi connectivity index (χ2v) is 4.82. The zero-order valence-corrected chi connectivity index (χ0v) is 10.8. The van der Waals surface area contributed by atoms with Gasteiger partial charge in [-0.2, -0.15) is 0 Å². The lowest BCUT2D eigenvalue weighted by Crippen LogP contribution is -1.96. The Hall–Kier alpha value is -2.16. The second-order valence-electron chi connectivity index (χ2n) is 4.82. The predicted molar refractivity (Wildman–Crippen MR) is 72.8 cm³/mol. The highest BCUT2D eigenvalue weighted by Gasteiger charge is 2.11. The third-order valence-electron chi connectivity index (χ3n) is 3.40. The third kappa shape index (κ3) is 2.50. The molecule has 2 aromatic rings. The van der Waals surface area contributed by atoms with Crippen LogP contribution < -0.4 is 4.74 Å². The van der Waals surface area contributed by atoms with Gasteiger partial charge in [0, 0.05) is 6.92 Å². The van der Waals surface area contributed by atoms with Crippen LogP contribution in [0.2, 0.25) is 0 Å². The summed E-state index contributed by atoms with van der Waals surface area (Å²) in [6, 6.07) is 9.68. The van der Waals surface area contributed by atoms with Crippen molar-refractivity contribution in [3.05, 3.63) is 53.3 Å². The molecule has 0 amide bonds. The number of hydrogen-bond donors (Lipinski definition) is 0. The van der Waals surface area contributed by atoms with Gasteiger partial charge >= 0.3 is 0 Å². The number of pyridine rings is 1. The summed E-state index contributed by atoms with van der Waals surface area (Å²) >= 11 is 0. The van der Waals surface area contributed by atoms with E-state index >= 15 is 0 Å². The van der Waals surface area contributed by atoms with Gasteiger partial charge in [-0.3, -0.25) is 4.79 Å². The molecule has 1 aliphatic rings. The molecular weight excluding hydrogens is 238 g/mol. The van der Waals surface area contributed by atoms with Gasteiger partial charge in [0.05, 0.1) is 6.20 Å². The Labute approximate surface area is 112 Å². The van der Waals surface area contributed by atoms with E-state index in [1.54, 1.807) is 18.3 Å². The van der Waals surface area contributed by atoms with Crippen LogP contribution in [0.1, 0.15) is 35.0 Å². The number of fused-ring (bicyclic) bond motifs is 1. The number of ketones is 1. The van der Waals surface area contributed by atoms with Gasteiger partial charge in [-0.15, -0.1) is 0 Å². The molecule has 0 radical (unpaired) electrons. The first-order chi connectivity index (χ1) is 9.22. The Morgan fingerprint density at radius 3 is 2.63 bits per heavy atom. The van der Waals surface area contributed by atoms with Crippen LogP contribution in [0.4, 0.5) is 0 Å². The first-order valence-corrected chi connectivity index (χ1v) is 6.49. The van der Waals surface area contributed by atoms with E-state index in [9.17, 15) is 4.79 Å². The molecule has 3 nitrogen and oxygen atoms in total. The van der Waals surface area contributed by atoms with Crippen LogP contribution in [0.15, 0.2) is 36.5 Å². The summed E-state index contributed by atoms with van der Waals surface area (Å²) in [5, 5.41) is 0. The molecule has 1 aromatic heterocycles. The summed E-state index contributed by atoms with van der Waals surface area (Å²) in [6.45, 7) is 1.50. The summed E-state index contributed by atoms with van der Waals surface area (Å²) < 4.78 is 5.76. The fourth-order valence-electron chi connectivity index (χ4n) is 2.40. The number of hydrogen-bond acceptors (Lipinski definition) is 3. The molecule has 0 fully saturated rings. The topological polar surface area (TPSA) is 39.2 Å². The Morgan fingerprint density at radius 1 is 1.11 bits per heavy atom. The number of aryl methyl sites for hydroxylation is 2. The van der Waals surface area contributed by atoms with Crippen molar-refractivity contribution in [2.45, 2.75) is 26.2 Å². The first kappa shape index (κ1) is 11.9. The Morgan fingerprint density at radius 2 is 1.89 bits per heavy atom. The number of nitrogens with zero attached hydrogens (tertiary/aromatic N) is 1. The molecule has 3 heteroatoms. The van der Waals surface area contributed by atoms with Crippen LogP contribution in [0.5, 0.6) is 11.5 Å². The first-order valence-electron chi connectivity index (χ1n) is 6.49. The van der Waals surface area contributed by atoms with Gasteiger partial charge in [0.2, 0.25) is 0 Å². The fraction of sp³-hybridized carbons (Fsp3) is 0.250. The van der Waals surface area contributed by atoms with Crippen molar-refractivity contribution in [3.63, 3.8) is 0 Å². The van der Waals surface area contributed by atoms with E-state index in [1.807, 2.05) is 6.07 Å². The van der Waals surface area contributed by atoms with Crippen molar-refractivity contribution >= 4 is 5.78 Å². The average Bonchev–Trinajstić information content (AvgIpc) is 2.87. The average molecular weight is 253 g/mol. The van der Waals surface area contributed by atoms with Crippen molar-refractivity contribution in [3.8, 4) is 11.5 Å². The van der Waals surface area contributed by atoms with E-state index in [2.05, 4.69) is 17.1 Å². The van der Waals surface area contributed by atoms with Gasteiger partial charge in [-0.25, -0.2) is 4.98 Å². The molecule has 96 valence electrons. The number of ether oxygens (including phenoxy) is 1. The van der Waals surface area contributed by atoms with Crippen LogP contribution in [-0.4, -0.2) is 10.8 Å². The van der Waals surface area contributed by atoms with Gasteiger partial charge in [0.25, 0.3) is 0 Å². The SMILES string of the molecule is CC(=O)c1ccc(Oc2ccc3c(c2)CCC3)cn1. The summed E-state index contributed by atoms with van der Waals surface area (Å²) in [5.41, 5.74) is 3.27. The third-order valence-corrected chi connectivity index (χ3v) is 3.40. The molecule has 3 rings (SSSR count). The van der Waals surface area contributed by atoms with Crippen LogP contribution >= 0.6 is 0 Å². The van der Waals surface area contributed by atoms with Crippen molar-refractivity contribution in [1.82, 2.24) is 4.98 Å². The normalized spacial score (nSPS) is 13.1. The van der Waals surface area contributed by atoms with Crippen LogP contribution in [0.25, 0.3) is 0 Å². The second kappa shape index (κ2) is 4.84. The van der Waals surface area contributed by atoms with E-state index in [4.69, 9.17) is 4.74 Å². The lowest BCUT2D eigenvalue weighted by Gasteiger charge is -2.07. The number of rotatable bonds is 3. The maximum absolute atomic E-state index is 11.1. The summed E-state index contributed by atoms with van der Waals surface area (Å²) in [4.78, 5) is 15.2. The Kier molecular flexibility index (Phi) is 3.03. The minimum Gasteiger partial charge on any atom is -0.456 e. The molecule has 0 aliphatic heterocycles. The number of carbonyl (C=O) groups excluding carboxylic acids is 1. The maximum Gasteiger partial charge on any atom is 0.178 e. The van der Waals surface area contributed by atoms with E-state index in [0.29, 0.717) is 11.4 Å². The van der Waals surface area contributed by atoms with Crippen molar-refractivity contribution in [1.29, 1.82) is 0 Å². The van der Waals surface area contributed by atoms with Gasteiger partial charge in [0.15, 0.2) is 5.78 Å². The van der Waals surface area contributed by atoms with E-state index in [0.717, 1.165) is 12.2 Å². The predicted octanol–water partition coefficient (Wildman–Crippen LogP) is 3.57. The van der Waals surface area contributed by atoms with Gasteiger partial charge in [0.1, 0.15) is 17.2 Å².